The van der Waals surface area contributed by atoms with E-state index in [-0.39, 0.29) is 22.5 Å². The monoisotopic (exact) mass is 362 g/mol. The normalized spacial score (nSPS) is 31.6. The summed E-state index contributed by atoms with van der Waals surface area (Å²) in [6.07, 6.45) is 5.64. The molecule has 3 aliphatic carbocycles. The van der Waals surface area contributed by atoms with Crippen molar-refractivity contribution >= 4 is 29.3 Å². The second kappa shape index (κ2) is 5.72. The molecule has 25 heavy (non-hydrogen) atoms. The second-order valence-electron chi connectivity index (χ2n) is 8.32. The summed E-state index contributed by atoms with van der Waals surface area (Å²) in [7, 11) is 0. The van der Waals surface area contributed by atoms with E-state index in [4.69, 9.17) is 5.73 Å². The lowest BCUT2D eigenvalue weighted by molar-refractivity contribution is -0.118. The molecule has 1 aromatic rings. The van der Waals surface area contributed by atoms with Crippen molar-refractivity contribution in [2.45, 2.75) is 64.1 Å². The lowest BCUT2D eigenvalue weighted by Gasteiger charge is -2.34. The average Bonchev–Trinajstić information content (AvgIpc) is 3.26. The van der Waals surface area contributed by atoms with E-state index < -0.39 is 0 Å². The van der Waals surface area contributed by atoms with E-state index in [1.54, 1.807) is 0 Å². The van der Waals surface area contributed by atoms with Crippen molar-refractivity contribution in [1.82, 2.24) is 20.2 Å². The summed E-state index contributed by atoms with van der Waals surface area (Å²) in [6.45, 7) is 6.96. The third-order valence-electron chi connectivity index (χ3n) is 6.76. The van der Waals surface area contributed by atoms with Gasteiger partial charge in [-0.05, 0) is 43.4 Å². The van der Waals surface area contributed by atoms with Crippen LogP contribution in [0.5, 0.6) is 0 Å². The predicted molar refractivity (Wildman–Crippen MR) is 98.2 cm³/mol. The van der Waals surface area contributed by atoms with Crippen molar-refractivity contribution in [3.63, 3.8) is 0 Å². The van der Waals surface area contributed by atoms with Crippen molar-refractivity contribution in [3.05, 3.63) is 0 Å². The van der Waals surface area contributed by atoms with E-state index in [9.17, 15) is 4.79 Å². The van der Waals surface area contributed by atoms with Gasteiger partial charge in [0, 0.05) is 17.2 Å². The van der Waals surface area contributed by atoms with Crippen molar-refractivity contribution in [2.24, 2.45) is 21.8 Å². The van der Waals surface area contributed by atoms with Gasteiger partial charge in [-0.1, -0.05) is 32.5 Å². The summed E-state index contributed by atoms with van der Waals surface area (Å²) >= 11 is 1.37. The number of hydrogen-bond acceptors (Lipinski definition) is 6. The van der Waals surface area contributed by atoms with Crippen LogP contribution in [0.25, 0.3) is 0 Å². The number of carbonyl (C=O) groups excluding carboxylic acids is 1. The molecular formula is C17H26N6OS. The van der Waals surface area contributed by atoms with Gasteiger partial charge >= 0.3 is 0 Å². The number of amides is 1. The Morgan fingerprint density at radius 2 is 2.12 bits per heavy atom. The first-order valence-corrected chi connectivity index (χ1v) is 10.0. The molecule has 2 bridgehead atoms. The van der Waals surface area contributed by atoms with E-state index in [1.807, 2.05) is 4.57 Å². The van der Waals surface area contributed by atoms with Crippen LogP contribution in [0.3, 0.4) is 0 Å². The van der Waals surface area contributed by atoms with E-state index >= 15 is 0 Å². The highest BCUT2D eigenvalue weighted by Gasteiger charge is 2.60. The number of fused-ring (bicyclic) bond motifs is 2. The number of hydrazone groups is 1. The van der Waals surface area contributed by atoms with Gasteiger partial charge in [0.15, 0.2) is 5.16 Å². The van der Waals surface area contributed by atoms with Crippen LogP contribution < -0.4 is 11.2 Å². The fourth-order valence-electron chi connectivity index (χ4n) is 4.45. The Kier molecular flexibility index (Phi) is 3.86. The number of nitrogens with two attached hydrogens (primary N) is 1. The summed E-state index contributed by atoms with van der Waals surface area (Å²) in [5.74, 6) is 1.28. The molecule has 0 aromatic carbocycles. The van der Waals surface area contributed by atoms with Gasteiger partial charge in [-0.3, -0.25) is 9.36 Å². The van der Waals surface area contributed by atoms with Crippen LogP contribution >= 0.6 is 11.8 Å². The fraction of sp³-hybridized carbons (Fsp3) is 0.765. The molecule has 3 aliphatic rings. The molecule has 1 amide bonds. The molecule has 3 fully saturated rings. The third kappa shape index (κ3) is 2.65. The Morgan fingerprint density at radius 1 is 1.36 bits per heavy atom. The van der Waals surface area contributed by atoms with Crippen molar-refractivity contribution in [1.29, 1.82) is 0 Å². The maximum atomic E-state index is 12.2. The van der Waals surface area contributed by atoms with Crippen LogP contribution in [-0.2, 0) is 4.79 Å². The Labute approximate surface area is 152 Å². The average molecular weight is 363 g/mol. The number of carbonyl (C=O) groups is 1. The number of nitrogens with zero attached hydrogens (tertiary/aromatic N) is 4. The van der Waals surface area contributed by atoms with Crippen LogP contribution in [0, 0.1) is 16.7 Å². The molecule has 0 aliphatic heterocycles. The molecule has 136 valence electrons. The lowest BCUT2D eigenvalue weighted by atomic mass is 9.70. The van der Waals surface area contributed by atoms with E-state index in [2.05, 4.69) is 41.5 Å². The molecule has 2 atom stereocenters. The van der Waals surface area contributed by atoms with Gasteiger partial charge < -0.3 is 5.73 Å². The molecule has 3 saturated carbocycles. The van der Waals surface area contributed by atoms with Crippen molar-refractivity contribution < 1.29 is 4.79 Å². The Balaban J connectivity index is 1.36. The standard InChI is InChI=1S/C17H26N6OS/c1-16(2)10-6-7-17(16,3)12(8-10)19-20-13(24)9-25-15-22-21-14(18)23(15)11-4-5-11/h10-11H,4-9H2,1-3H3,(H2,18,21)(H,20,24)/b19-12+. The lowest BCUT2D eigenvalue weighted by Crippen LogP contribution is -2.34. The fourth-order valence-corrected chi connectivity index (χ4v) is 5.26. The van der Waals surface area contributed by atoms with Gasteiger partial charge in [0.2, 0.25) is 5.95 Å². The molecule has 0 spiro atoms. The topological polar surface area (TPSA) is 98.2 Å². The number of nitrogen functional groups attached to an aromatic ring is 1. The van der Waals surface area contributed by atoms with Gasteiger partial charge in [0.25, 0.3) is 5.91 Å². The summed E-state index contributed by atoms with van der Waals surface area (Å²) < 4.78 is 1.93. The molecular weight excluding hydrogens is 336 g/mol. The highest BCUT2D eigenvalue weighted by molar-refractivity contribution is 7.99. The molecule has 2 unspecified atom stereocenters. The number of rotatable bonds is 5. The molecule has 8 heteroatoms. The molecule has 3 N–H and O–H groups in total. The Morgan fingerprint density at radius 3 is 2.72 bits per heavy atom. The van der Waals surface area contributed by atoms with Gasteiger partial charge in [0.1, 0.15) is 0 Å². The quantitative estimate of drug-likeness (QED) is 0.620. The largest absolute Gasteiger partial charge is 0.368 e. The highest BCUT2D eigenvalue weighted by Crippen LogP contribution is 2.63. The maximum Gasteiger partial charge on any atom is 0.250 e. The molecule has 7 nitrogen and oxygen atoms in total. The minimum atomic E-state index is -0.106. The number of nitrogens with one attached hydrogen (secondary N) is 1. The van der Waals surface area contributed by atoms with Crippen molar-refractivity contribution in [2.75, 3.05) is 11.5 Å². The van der Waals surface area contributed by atoms with Gasteiger partial charge in [0.05, 0.1) is 5.75 Å². The zero-order chi connectivity index (χ0) is 17.8. The third-order valence-corrected chi connectivity index (χ3v) is 7.71. The van der Waals surface area contributed by atoms with Crippen LogP contribution in [0.15, 0.2) is 10.3 Å². The van der Waals surface area contributed by atoms with Crippen LogP contribution in [-0.4, -0.2) is 32.1 Å². The van der Waals surface area contributed by atoms with Crippen LogP contribution in [0.2, 0.25) is 0 Å². The zero-order valence-electron chi connectivity index (χ0n) is 15.1. The van der Waals surface area contributed by atoms with Gasteiger partial charge in [-0.25, -0.2) is 5.43 Å². The zero-order valence-corrected chi connectivity index (χ0v) is 15.9. The summed E-state index contributed by atoms with van der Waals surface area (Å²) in [6, 6.07) is 0.400. The SMILES string of the molecule is CC12CCC(C/C1=N\NC(=O)CSc1nnc(N)n1C1CC1)C2(C)C. The minimum absolute atomic E-state index is 0.106. The first kappa shape index (κ1) is 16.9. The molecule has 1 heterocycles. The number of anilines is 1. The summed E-state index contributed by atoms with van der Waals surface area (Å²) in [5, 5.41) is 13.2. The Bertz CT molecular complexity index is 737. The minimum Gasteiger partial charge on any atom is -0.368 e. The summed E-state index contributed by atoms with van der Waals surface area (Å²) in [4.78, 5) is 12.2. The number of hydrogen-bond donors (Lipinski definition) is 2. The maximum absolute atomic E-state index is 12.2. The number of aromatic nitrogens is 3. The molecule has 1 aromatic heterocycles. The first-order chi connectivity index (χ1) is 11.8. The molecule has 4 rings (SSSR count). The van der Waals surface area contributed by atoms with Crippen molar-refractivity contribution in [3.8, 4) is 0 Å². The molecule has 0 radical (unpaired) electrons. The summed E-state index contributed by atoms with van der Waals surface area (Å²) in [5.41, 5.74) is 10.1. The van der Waals surface area contributed by atoms with Gasteiger partial charge in [-0.15, -0.1) is 10.2 Å². The van der Waals surface area contributed by atoms with Crippen LogP contribution in [0.4, 0.5) is 5.95 Å². The number of thioether (sulfide) groups is 1. The second-order valence-corrected chi connectivity index (χ2v) is 9.26. The highest BCUT2D eigenvalue weighted by atomic mass is 32.2. The Hall–Kier alpha value is -1.57. The first-order valence-electron chi connectivity index (χ1n) is 9.02. The van der Waals surface area contributed by atoms with Gasteiger partial charge in [-0.2, -0.15) is 5.10 Å². The smallest absolute Gasteiger partial charge is 0.250 e. The molecule has 0 saturated heterocycles. The van der Waals surface area contributed by atoms with Crippen LogP contribution in [0.1, 0.15) is 58.9 Å². The predicted octanol–water partition coefficient (Wildman–Crippen LogP) is 2.61. The van der Waals surface area contributed by atoms with E-state index in [1.165, 1.54) is 18.2 Å². The van der Waals surface area contributed by atoms with E-state index in [0.29, 0.717) is 17.9 Å². The van der Waals surface area contributed by atoms with E-state index in [0.717, 1.165) is 36.6 Å².